The molecule has 7 nitrogen and oxygen atoms in total. The Morgan fingerprint density at radius 3 is 2.71 bits per heavy atom. The van der Waals surface area contributed by atoms with E-state index in [0.29, 0.717) is 5.92 Å². The molecule has 34 heavy (non-hydrogen) atoms. The number of ether oxygens (including phenoxy) is 1. The van der Waals surface area contributed by atoms with Crippen molar-refractivity contribution in [1.82, 2.24) is 4.98 Å². The summed E-state index contributed by atoms with van der Waals surface area (Å²) in [4.78, 5) is 17.0. The van der Waals surface area contributed by atoms with Gasteiger partial charge in [0.2, 0.25) is 5.88 Å². The summed E-state index contributed by atoms with van der Waals surface area (Å²) in [6, 6.07) is 12.4. The number of hydrogen-bond donors (Lipinski definition) is 1. The summed E-state index contributed by atoms with van der Waals surface area (Å²) >= 11 is 5.99. The van der Waals surface area contributed by atoms with Crippen molar-refractivity contribution in [3.63, 3.8) is 0 Å². The van der Waals surface area contributed by atoms with E-state index in [1.165, 1.54) is 28.7 Å². The first-order valence-electron chi connectivity index (χ1n) is 10.8. The van der Waals surface area contributed by atoms with Gasteiger partial charge in [-0.25, -0.2) is 17.8 Å². The minimum atomic E-state index is -3.93. The van der Waals surface area contributed by atoms with Crippen molar-refractivity contribution in [3.8, 4) is 5.88 Å². The number of nitrogens with one attached hydrogen (secondary N) is 1. The van der Waals surface area contributed by atoms with E-state index >= 15 is 0 Å². The summed E-state index contributed by atoms with van der Waals surface area (Å²) in [6.45, 7) is 1.82. The van der Waals surface area contributed by atoms with Gasteiger partial charge < -0.3 is 10.1 Å². The molecule has 1 saturated carbocycles. The molecule has 0 unspecified atom stereocenters. The topological polar surface area (TPSA) is 88.6 Å². The maximum atomic E-state index is 14.2. The highest BCUT2D eigenvalue weighted by molar-refractivity contribution is 7.92. The smallest absolute Gasteiger partial charge is 0.264 e. The number of benzene rings is 2. The van der Waals surface area contributed by atoms with Crippen molar-refractivity contribution in [2.45, 2.75) is 36.7 Å². The van der Waals surface area contributed by atoms with E-state index in [0.717, 1.165) is 24.5 Å². The summed E-state index contributed by atoms with van der Waals surface area (Å²) in [7, 11) is -3.93. The van der Waals surface area contributed by atoms with Crippen molar-refractivity contribution in [1.29, 1.82) is 0 Å². The molecule has 0 bridgehead atoms. The van der Waals surface area contributed by atoms with Crippen molar-refractivity contribution >= 4 is 38.9 Å². The van der Waals surface area contributed by atoms with Crippen LogP contribution in [0.15, 0.2) is 59.6 Å². The largest absolute Gasteiger partial charge is 0.471 e. The zero-order chi connectivity index (χ0) is 24.0. The second-order valence-corrected chi connectivity index (χ2v) is 10.7. The van der Waals surface area contributed by atoms with Crippen LogP contribution in [0.4, 0.5) is 15.8 Å². The molecule has 1 aliphatic heterocycles. The minimum Gasteiger partial charge on any atom is -0.471 e. The maximum absolute atomic E-state index is 14.2. The van der Waals surface area contributed by atoms with Crippen LogP contribution < -0.4 is 14.4 Å². The summed E-state index contributed by atoms with van der Waals surface area (Å²) in [5, 5.41) is 2.50. The molecule has 1 amide bonds. The van der Waals surface area contributed by atoms with Crippen LogP contribution in [0.2, 0.25) is 5.02 Å². The molecule has 5 rings (SSSR count). The molecule has 1 aliphatic carbocycles. The van der Waals surface area contributed by atoms with Crippen LogP contribution in [0.3, 0.4) is 0 Å². The molecule has 1 aromatic heterocycles. The van der Waals surface area contributed by atoms with Gasteiger partial charge in [0.1, 0.15) is 17.6 Å². The standard InChI is InChI=1S/C24H21ClFN3O4S/c1-14-13-29(34(31,32)18-5-2-4-16(10-18)15-8-9-15)21-11-17(12-27-24(21)33-14)28-23(30)22-19(25)6-3-7-20(22)26/h2-7,10-12,14-15H,8-9,13H2,1H3,(H,28,30)/t14-/m0/s1. The number of anilines is 2. The molecule has 0 radical (unpaired) electrons. The molecule has 2 aromatic carbocycles. The van der Waals surface area contributed by atoms with Crippen LogP contribution in [-0.2, 0) is 10.0 Å². The highest BCUT2D eigenvalue weighted by atomic mass is 35.5. The highest BCUT2D eigenvalue weighted by Gasteiger charge is 2.35. The predicted octanol–water partition coefficient (Wildman–Crippen LogP) is 4.98. The zero-order valence-electron chi connectivity index (χ0n) is 18.2. The molecule has 10 heteroatoms. The van der Waals surface area contributed by atoms with Crippen LogP contribution in [-0.4, -0.2) is 32.0 Å². The Morgan fingerprint density at radius 1 is 1.21 bits per heavy atom. The van der Waals surface area contributed by atoms with E-state index in [1.807, 2.05) is 6.07 Å². The number of halogens is 2. The molecule has 176 valence electrons. The molecule has 2 aliphatic rings. The number of sulfonamides is 1. The van der Waals surface area contributed by atoms with E-state index in [-0.39, 0.29) is 39.3 Å². The lowest BCUT2D eigenvalue weighted by molar-refractivity contribution is 0.102. The molecule has 1 atom stereocenters. The predicted molar refractivity (Wildman–Crippen MR) is 127 cm³/mol. The fourth-order valence-corrected chi connectivity index (χ4v) is 5.78. The minimum absolute atomic E-state index is 0.0414. The number of carbonyl (C=O) groups excluding carboxylic acids is 1. The second kappa shape index (κ2) is 8.56. The lowest BCUT2D eigenvalue weighted by Crippen LogP contribution is -2.42. The van der Waals surface area contributed by atoms with Gasteiger partial charge in [0, 0.05) is 0 Å². The Bertz CT molecular complexity index is 1370. The third kappa shape index (κ3) is 4.21. The van der Waals surface area contributed by atoms with Gasteiger partial charge in [-0.05, 0) is 61.6 Å². The Labute approximate surface area is 201 Å². The van der Waals surface area contributed by atoms with Gasteiger partial charge in [-0.3, -0.25) is 9.10 Å². The molecule has 0 saturated heterocycles. The highest BCUT2D eigenvalue weighted by Crippen LogP contribution is 2.42. The SMILES string of the molecule is C[C@H]1CN(S(=O)(=O)c2cccc(C3CC3)c2)c2cc(NC(=O)c3c(F)cccc3Cl)cnc2O1. The second-order valence-electron chi connectivity index (χ2n) is 8.41. The number of rotatable bonds is 5. The van der Waals surface area contributed by atoms with Gasteiger partial charge in [0.25, 0.3) is 15.9 Å². The van der Waals surface area contributed by atoms with Crippen LogP contribution in [0, 0.1) is 5.82 Å². The number of amides is 1. The molecule has 1 N–H and O–H groups in total. The quantitative estimate of drug-likeness (QED) is 0.532. The van der Waals surface area contributed by atoms with Crippen LogP contribution >= 0.6 is 11.6 Å². The lowest BCUT2D eigenvalue weighted by atomic mass is 10.1. The average Bonchev–Trinajstić information content (AvgIpc) is 3.64. The maximum Gasteiger partial charge on any atom is 0.264 e. The summed E-state index contributed by atoms with van der Waals surface area (Å²) in [5.41, 5.74) is 1.05. The van der Waals surface area contributed by atoms with Crippen molar-refractivity contribution in [2.24, 2.45) is 0 Å². The Hall–Kier alpha value is -3.17. The van der Waals surface area contributed by atoms with E-state index in [2.05, 4.69) is 10.3 Å². The monoisotopic (exact) mass is 501 g/mol. The number of fused-ring (bicyclic) bond motifs is 1. The first kappa shape index (κ1) is 22.6. The van der Waals surface area contributed by atoms with E-state index in [9.17, 15) is 17.6 Å². The van der Waals surface area contributed by atoms with Crippen molar-refractivity contribution < 1.29 is 22.3 Å². The molecule has 1 fully saturated rings. The van der Waals surface area contributed by atoms with E-state index in [4.69, 9.17) is 16.3 Å². The van der Waals surface area contributed by atoms with Gasteiger partial charge in [-0.2, -0.15) is 0 Å². The third-order valence-corrected chi connectivity index (χ3v) is 7.87. The summed E-state index contributed by atoms with van der Waals surface area (Å²) < 4.78 is 48.4. The molecule has 0 spiro atoms. The Kier molecular flexibility index (Phi) is 5.69. The van der Waals surface area contributed by atoms with Gasteiger partial charge in [0.05, 0.1) is 33.9 Å². The van der Waals surface area contributed by atoms with Crippen molar-refractivity contribution in [3.05, 3.63) is 76.7 Å². The molecule has 2 heterocycles. The Balaban J connectivity index is 1.50. The number of pyridine rings is 1. The Morgan fingerprint density at radius 2 is 1.97 bits per heavy atom. The number of hydrogen-bond acceptors (Lipinski definition) is 5. The molecular formula is C24H21ClFN3O4S. The zero-order valence-corrected chi connectivity index (χ0v) is 19.7. The first-order valence-corrected chi connectivity index (χ1v) is 12.6. The lowest BCUT2D eigenvalue weighted by Gasteiger charge is -2.33. The normalized spacial score (nSPS) is 17.6. The van der Waals surface area contributed by atoms with Gasteiger partial charge >= 0.3 is 0 Å². The molecular weight excluding hydrogens is 481 g/mol. The fraction of sp³-hybridized carbons (Fsp3) is 0.250. The van der Waals surface area contributed by atoms with E-state index < -0.39 is 27.9 Å². The average molecular weight is 502 g/mol. The van der Waals surface area contributed by atoms with Crippen molar-refractivity contribution in [2.75, 3.05) is 16.2 Å². The van der Waals surface area contributed by atoms with Gasteiger partial charge in [0.15, 0.2) is 0 Å². The van der Waals surface area contributed by atoms with Gasteiger partial charge in [-0.1, -0.05) is 29.8 Å². The summed E-state index contributed by atoms with van der Waals surface area (Å²) in [5.74, 6) is -1.02. The van der Waals surface area contributed by atoms with Gasteiger partial charge in [-0.15, -0.1) is 0 Å². The van der Waals surface area contributed by atoms with Crippen LogP contribution in [0.5, 0.6) is 5.88 Å². The van der Waals surface area contributed by atoms with E-state index in [1.54, 1.807) is 25.1 Å². The number of aromatic nitrogens is 1. The van der Waals surface area contributed by atoms with Crippen LogP contribution in [0.25, 0.3) is 0 Å². The summed E-state index contributed by atoms with van der Waals surface area (Å²) in [6.07, 6.45) is 3.00. The molecule has 3 aromatic rings. The number of carbonyl (C=O) groups is 1. The number of nitrogens with zero attached hydrogens (tertiary/aromatic N) is 2. The third-order valence-electron chi connectivity index (χ3n) is 5.78. The fourth-order valence-electron chi connectivity index (χ4n) is 3.95. The van der Waals surface area contributed by atoms with Crippen LogP contribution in [0.1, 0.15) is 41.6 Å². The first-order chi connectivity index (χ1) is 16.2.